The molecule has 22 heavy (non-hydrogen) atoms. The first-order valence-corrected chi connectivity index (χ1v) is 4.41. The fourth-order valence-electron chi connectivity index (χ4n) is 0.912. The van der Waals surface area contributed by atoms with Crippen molar-refractivity contribution in [1.29, 1.82) is 0 Å². The molecule has 0 N–H and O–H groups in total. The Hall–Kier alpha value is -1.39. The van der Waals surface area contributed by atoms with Crippen LogP contribution in [0.3, 0.4) is 0 Å². The first-order valence-electron chi connectivity index (χ1n) is 4.41. The van der Waals surface area contributed by atoms with Gasteiger partial charge in [-0.05, 0) is 0 Å². The second-order valence-electron chi connectivity index (χ2n) is 3.61. The number of rotatable bonds is 5. The van der Waals surface area contributed by atoms with Crippen LogP contribution in [0, 0.1) is 12.1 Å². The maximum Gasteiger partial charge on any atom is 0.452 e. The van der Waals surface area contributed by atoms with Gasteiger partial charge in [-0.1, -0.05) is 0 Å². The smallest absolute Gasteiger partial charge is 0.192 e. The van der Waals surface area contributed by atoms with E-state index < -0.39 is 47.8 Å². The lowest BCUT2D eigenvalue weighted by molar-refractivity contribution is -0.458. The van der Waals surface area contributed by atoms with E-state index in [-0.39, 0.29) is 0 Å². The zero-order valence-corrected chi connectivity index (χ0v) is 9.32. The molecule has 0 aliphatic rings. The zero-order valence-electron chi connectivity index (χ0n) is 9.32. The van der Waals surface area contributed by atoms with Crippen molar-refractivity contribution in [2.24, 2.45) is 0 Å². The summed E-state index contributed by atoms with van der Waals surface area (Å²) < 4.78 is 160. The third-order valence-electron chi connectivity index (χ3n) is 2.15. The molecule has 0 heterocycles. The number of alkyl halides is 12. The Kier molecular flexibility index (Phi) is 4.75. The molecule has 1 nitrogen and oxygen atoms in total. The quantitative estimate of drug-likeness (QED) is 0.520. The predicted octanol–water partition coefficient (Wildman–Crippen LogP) is 4.12. The van der Waals surface area contributed by atoms with Gasteiger partial charge in [0, 0.05) is 5.92 Å². The van der Waals surface area contributed by atoms with E-state index in [1.54, 1.807) is 0 Å². The molecule has 14 heteroatoms. The highest BCUT2D eigenvalue weighted by atomic mass is 19.4. The van der Waals surface area contributed by atoms with E-state index in [1.807, 2.05) is 0 Å². The summed E-state index contributed by atoms with van der Waals surface area (Å²) in [6.07, 6.45) is -7.77. The first-order chi connectivity index (χ1) is 9.31. The van der Waals surface area contributed by atoms with E-state index in [0.717, 1.165) is 0 Å². The maximum absolute atomic E-state index is 12.7. The van der Waals surface area contributed by atoms with Crippen LogP contribution in [-0.4, -0.2) is 35.7 Å². The molecule has 0 saturated heterocycles. The summed E-state index contributed by atoms with van der Waals surface area (Å²) in [5, 5.41) is 9.50. The van der Waals surface area contributed by atoms with Gasteiger partial charge in [0.05, 0.1) is 0 Å². The van der Waals surface area contributed by atoms with E-state index in [9.17, 15) is 62.2 Å². The molecule has 0 aromatic rings. The topological polar surface area (TPSA) is 19.9 Å². The summed E-state index contributed by atoms with van der Waals surface area (Å²) >= 11 is 0. The third-order valence-corrected chi connectivity index (χ3v) is 2.15. The Morgan fingerprint density at radius 1 is 0.545 bits per heavy atom. The van der Waals surface area contributed by atoms with E-state index in [1.165, 1.54) is 0 Å². The first kappa shape index (κ1) is 20.6. The van der Waals surface area contributed by atoms with Crippen molar-refractivity contribution in [2.75, 3.05) is 0 Å². The van der Waals surface area contributed by atoms with Gasteiger partial charge in [-0.25, -0.2) is 0 Å². The Morgan fingerprint density at radius 3 is 1.14 bits per heavy atom. The van der Waals surface area contributed by atoms with E-state index >= 15 is 0 Å². The van der Waals surface area contributed by atoms with Crippen LogP contribution in [0.5, 0.6) is 0 Å². The Labute approximate surface area is 111 Å². The van der Waals surface area contributed by atoms with Crippen LogP contribution < -0.4 is 0 Å². The van der Waals surface area contributed by atoms with Gasteiger partial charge < -0.3 is 0 Å². The van der Waals surface area contributed by atoms with Crippen LogP contribution in [0.1, 0.15) is 0 Å². The average molecular weight is 359 g/mol. The molecule has 0 fully saturated rings. The number of halogens is 13. The van der Waals surface area contributed by atoms with Gasteiger partial charge in [-0.15, -0.1) is 4.39 Å². The van der Waals surface area contributed by atoms with Crippen molar-refractivity contribution < 1.29 is 62.2 Å². The standard InChI is InChI=1S/C8F13O/c9-2-1-3(10,11)4(12,13)5(14,15)6(16,17)7(18,19)8(20,21)22. The molecule has 0 atom stereocenters. The zero-order chi connectivity index (χ0) is 18.4. The Bertz CT molecular complexity index is 476. The third kappa shape index (κ3) is 2.55. The van der Waals surface area contributed by atoms with E-state index in [2.05, 4.69) is 0 Å². The average Bonchev–Trinajstić information content (AvgIpc) is 2.26. The molecule has 1 radical (unpaired) electrons. The van der Waals surface area contributed by atoms with Crippen LogP contribution in [0.15, 0.2) is 0 Å². The van der Waals surface area contributed by atoms with Crippen LogP contribution in [0.25, 0.3) is 0 Å². The minimum Gasteiger partial charge on any atom is -0.192 e. The Balaban J connectivity index is 6.27. The van der Waals surface area contributed by atoms with Crippen molar-refractivity contribution in [3.05, 3.63) is 0 Å². The minimum atomic E-state index is -7.93. The fourth-order valence-corrected chi connectivity index (χ4v) is 0.912. The molecule has 0 aromatic carbocycles. The summed E-state index contributed by atoms with van der Waals surface area (Å²) in [6, 6.07) is 0. The normalized spacial score (nSPS) is 15.4. The highest BCUT2D eigenvalue weighted by molar-refractivity contribution is 5.19. The largest absolute Gasteiger partial charge is 0.452 e. The fraction of sp³-hybridized carbons (Fsp3) is 0.750. The van der Waals surface area contributed by atoms with Crippen molar-refractivity contribution >= 4 is 0 Å². The summed E-state index contributed by atoms with van der Waals surface area (Å²) in [6.45, 7) is 0. The molecule has 0 spiro atoms. The van der Waals surface area contributed by atoms with Crippen LogP contribution in [0.4, 0.5) is 57.1 Å². The lowest BCUT2D eigenvalue weighted by Crippen LogP contribution is -2.70. The van der Waals surface area contributed by atoms with Gasteiger partial charge in [0.15, 0.2) is 0 Å². The lowest BCUT2D eigenvalue weighted by atomic mass is 9.94. The molecule has 0 bridgehead atoms. The van der Waals surface area contributed by atoms with E-state index in [4.69, 9.17) is 0 Å². The summed E-state index contributed by atoms with van der Waals surface area (Å²) in [5.41, 5.74) is 0. The van der Waals surface area contributed by atoms with Gasteiger partial charge in [-0.3, -0.25) is 0 Å². The summed E-state index contributed by atoms with van der Waals surface area (Å²) in [4.78, 5) is 0. The molecule has 0 aromatic heterocycles. The molecular formula is C8F13O. The Morgan fingerprint density at radius 2 is 0.864 bits per heavy atom. The van der Waals surface area contributed by atoms with Gasteiger partial charge in [0.1, 0.15) is 6.17 Å². The SMILES string of the molecule is [O]C(F)(F)C(F)(F)C(F)(F)C(F)(F)C(F)(F)C(F)(F)C#CF. The molecule has 0 unspecified atom stereocenters. The second kappa shape index (κ2) is 5.07. The van der Waals surface area contributed by atoms with Gasteiger partial charge in [0.25, 0.3) is 0 Å². The maximum atomic E-state index is 12.7. The van der Waals surface area contributed by atoms with Crippen LogP contribution in [-0.2, 0) is 5.11 Å². The molecule has 129 valence electrons. The van der Waals surface area contributed by atoms with Crippen LogP contribution >= 0.6 is 0 Å². The van der Waals surface area contributed by atoms with E-state index in [0.29, 0.717) is 0 Å². The molecular weight excluding hydrogens is 359 g/mol. The van der Waals surface area contributed by atoms with Crippen molar-refractivity contribution in [3.8, 4) is 12.1 Å². The summed E-state index contributed by atoms with van der Waals surface area (Å²) in [5.74, 6) is -38.3. The minimum absolute atomic E-state index is 0.549. The van der Waals surface area contributed by atoms with Crippen LogP contribution in [0.2, 0.25) is 0 Å². The van der Waals surface area contributed by atoms with Gasteiger partial charge in [-0.2, -0.15) is 57.8 Å². The second-order valence-corrected chi connectivity index (χ2v) is 3.61. The van der Waals surface area contributed by atoms with Crippen molar-refractivity contribution in [2.45, 2.75) is 35.7 Å². The molecule has 0 saturated carbocycles. The number of hydrogen-bond donors (Lipinski definition) is 0. The molecule has 0 amide bonds. The van der Waals surface area contributed by atoms with Gasteiger partial charge in [0.2, 0.25) is 0 Å². The lowest BCUT2D eigenvalue weighted by Gasteiger charge is -2.38. The molecule has 0 rings (SSSR count). The highest BCUT2D eigenvalue weighted by Crippen LogP contribution is 2.59. The van der Waals surface area contributed by atoms with Gasteiger partial charge >= 0.3 is 35.7 Å². The molecule has 0 aliphatic carbocycles. The highest BCUT2D eigenvalue weighted by Gasteiger charge is 2.90. The van der Waals surface area contributed by atoms with Crippen molar-refractivity contribution in [1.82, 2.24) is 0 Å². The summed E-state index contributed by atoms with van der Waals surface area (Å²) in [7, 11) is 0. The predicted molar refractivity (Wildman–Crippen MR) is 39.3 cm³/mol. The molecule has 0 aliphatic heterocycles. The number of hydrogen-bond acceptors (Lipinski definition) is 0. The van der Waals surface area contributed by atoms with Crippen molar-refractivity contribution in [3.63, 3.8) is 0 Å². The monoisotopic (exact) mass is 359 g/mol.